The van der Waals surface area contributed by atoms with Crippen LogP contribution in [0.15, 0.2) is 23.3 Å². The monoisotopic (exact) mass is 291 g/mol. The van der Waals surface area contributed by atoms with E-state index in [9.17, 15) is 0 Å². The molecule has 2 aromatic rings. The topological polar surface area (TPSA) is 37.2 Å². The van der Waals surface area contributed by atoms with Crippen molar-refractivity contribution in [2.75, 3.05) is 19.6 Å². The highest BCUT2D eigenvalue weighted by atomic mass is 32.1. The third-order valence-corrected chi connectivity index (χ3v) is 4.62. The van der Waals surface area contributed by atoms with Crippen LogP contribution in [0.5, 0.6) is 0 Å². The van der Waals surface area contributed by atoms with Gasteiger partial charge in [0.25, 0.3) is 0 Å². The Morgan fingerprint density at radius 1 is 1.30 bits per heavy atom. The molecule has 0 saturated carbocycles. The van der Waals surface area contributed by atoms with E-state index in [4.69, 9.17) is 0 Å². The Morgan fingerprint density at radius 3 is 2.85 bits per heavy atom. The van der Waals surface area contributed by atoms with Gasteiger partial charge >= 0.3 is 0 Å². The van der Waals surface area contributed by atoms with E-state index in [2.05, 4.69) is 43.7 Å². The number of aromatic nitrogens is 3. The molecule has 3 rings (SSSR count). The van der Waals surface area contributed by atoms with E-state index >= 15 is 0 Å². The molecule has 108 valence electrons. The van der Waals surface area contributed by atoms with Crippen LogP contribution >= 0.6 is 11.3 Å². The number of hydrogen-bond donors (Lipinski definition) is 0. The van der Waals surface area contributed by atoms with Gasteiger partial charge in [0.15, 0.2) is 0 Å². The summed E-state index contributed by atoms with van der Waals surface area (Å²) in [7, 11) is 2.06. The van der Waals surface area contributed by atoms with E-state index < -0.39 is 0 Å². The fourth-order valence-electron chi connectivity index (χ4n) is 2.72. The Hall–Kier alpha value is -1.24. The second kappa shape index (κ2) is 6.03. The molecule has 0 amide bonds. The summed E-state index contributed by atoms with van der Waals surface area (Å²) in [5.74, 6) is 1.14. The summed E-state index contributed by atoms with van der Waals surface area (Å²) >= 11 is 1.67. The van der Waals surface area contributed by atoms with Crippen LogP contribution in [-0.2, 0) is 20.1 Å². The van der Waals surface area contributed by atoms with Crippen LogP contribution in [-0.4, -0.2) is 50.0 Å². The van der Waals surface area contributed by atoms with Crippen molar-refractivity contribution in [3.05, 3.63) is 34.8 Å². The Labute approximate surface area is 123 Å². The quantitative estimate of drug-likeness (QED) is 0.857. The van der Waals surface area contributed by atoms with Gasteiger partial charge in [-0.15, -0.1) is 11.3 Å². The largest absolute Gasteiger partial charge is 0.337 e. The molecule has 5 nitrogen and oxygen atoms in total. The highest BCUT2D eigenvalue weighted by Crippen LogP contribution is 2.15. The van der Waals surface area contributed by atoms with Crippen LogP contribution < -0.4 is 0 Å². The zero-order chi connectivity index (χ0) is 13.9. The average Bonchev–Trinajstić information content (AvgIpc) is 3.05. The molecule has 6 heteroatoms. The summed E-state index contributed by atoms with van der Waals surface area (Å²) in [5.41, 5.74) is 3.11. The van der Waals surface area contributed by atoms with Crippen molar-refractivity contribution < 1.29 is 0 Å². The molecule has 0 spiro atoms. The van der Waals surface area contributed by atoms with Crippen molar-refractivity contribution in [1.82, 2.24) is 24.3 Å². The first-order valence-electron chi connectivity index (χ1n) is 7.02. The van der Waals surface area contributed by atoms with Crippen LogP contribution in [0.2, 0.25) is 0 Å². The maximum absolute atomic E-state index is 4.42. The standard InChI is InChI=1S/C14H21N5S/c1-12-7-18(8-13-10-20-11-16-13)5-6-19(12)9-14-15-3-4-17(14)2/h3-4,10-12H,5-9H2,1-2H3/t12-/m0/s1. The lowest BCUT2D eigenvalue weighted by Gasteiger charge is -2.39. The zero-order valence-corrected chi connectivity index (χ0v) is 12.9. The molecule has 1 aliphatic rings. The predicted octanol–water partition coefficient (Wildman–Crippen LogP) is 1.58. The van der Waals surface area contributed by atoms with Gasteiger partial charge in [-0.05, 0) is 6.92 Å². The third-order valence-electron chi connectivity index (χ3n) is 3.98. The second-order valence-electron chi connectivity index (χ2n) is 5.49. The van der Waals surface area contributed by atoms with Crippen LogP contribution in [0.25, 0.3) is 0 Å². The number of rotatable bonds is 4. The van der Waals surface area contributed by atoms with Gasteiger partial charge < -0.3 is 4.57 Å². The van der Waals surface area contributed by atoms with E-state index in [0.29, 0.717) is 6.04 Å². The normalized spacial score (nSPS) is 21.4. The fraction of sp³-hybridized carbons (Fsp3) is 0.571. The van der Waals surface area contributed by atoms with Crippen molar-refractivity contribution in [2.24, 2.45) is 7.05 Å². The third kappa shape index (κ3) is 3.08. The number of piperazine rings is 1. The van der Waals surface area contributed by atoms with Gasteiger partial charge in [0.2, 0.25) is 0 Å². The van der Waals surface area contributed by atoms with Gasteiger partial charge in [-0.3, -0.25) is 9.80 Å². The first-order chi connectivity index (χ1) is 9.72. The average molecular weight is 291 g/mol. The lowest BCUT2D eigenvalue weighted by molar-refractivity contribution is 0.0701. The molecule has 0 aliphatic carbocycles. The van der Waals surface area contributed by atoms with Crippen LogP contribution in [0.3, 0.4) is 0 Å². The first-order valence-corrected chi connectivity index (χ1v) is 7.96. The Balaban J connectivity index is 1.55. The summed E-state index contributed by atoms with van der Waals surface area (Å²) in [5, 5.41) is 2.14. The summed E-state index contributed by atoms with van der Waals surface area (Å²) in [6, 6.07) is 0.555. The maximum atomic E-state index is 4.42. The lowest BCUT2D eigenvalue weighted by atomic mass is 10.2. The molecule has 1 saturated heterocycles. The first kappa shape index (κ1) is 13.7. The maximum Gasteiger partial charge on any atom is 0.122 e. The Bertz CT molecular complexity index is 536. The smallest absolute Gasteiger partial charge is 0.122 e. The van der Waals surface area contributed by atoms with Gasteiger partial charge in [-0.2, -0.15) is 0 Å². The van der Waals surface area contributed by atoms with Crippen molar-refractivity contribution in [2.45, 2.75) is 26.1 Å². The SMILES string of the molecule is C[C@H]1CN(Cc2cscn2)CCN1Cc1nccn1C. The minimum absolute atomic E-state index is 0.555. The minimum atomic E-state index is 0.555. The predicted molar refractivity (Wildman–Crippen MR) is 80.5 cm³/mol. The molecule has 0 N–H and O–H groups in total. The van der Waals surface area contributed by atoms with Crippen molar-refractivity contribution in [3.63, 3.8) is 0 Å². The van der Waals surface area contributed by atoms with E-state index in [0.717, 1.165) is 38.5 Å². The molecule has 20 heavy (non-hydrogen) atoms. The molecule has 1 aliphatic heterocycles. The number of imidazole rings is 1. The summed E-state index contributed by atoms with van der Waals surface area (Å²) in [4.78, 5) is 13.8. The zero-order valence-electron chi connectivity index (χ0n) is 12.1. The van der Waals surface area contributed by atoms with Gasteiger partial charge in [-0.1, -0.05) is 0 Å². The molecule has 0 radical (unpaired) electrons. The number of aryl methyl sites for hydroxylation is 1. The molecular weight excluding hydrogens is 270 g/mol. The van der Waals surface area contributed by atoms with E-state index in [1.807, 2.05) is 17.9 Å². The van der Waals surface area contributed by atoms with Gasteiger partial charge in [0, 0.05) is 57.0 Å². The van der Waals surface area contributed by atoms with Gasteiger partial charge in [-0.25, -0.2) is 9.97 Å². The molecule has 1 fully saturated rings. The summed E-state index contributed by atoms with van der Waals surface area (Å²) in [6.45, 7) is 7.52. The molecule has 0 aromatic carbocycles. The molecule has 1 atom stereocenters. The van der Waals surface area contributed by atoms with E-state index in [-0.39, 0.29) is 0 Å². The summed E-state index contributed by atoms with van der Waals surface area (Å²) < 4.78 is 2.11. The minimum Gasteiger partial charge on any atom is -0.337 e. The van der Waals surface area contributed by atoms with E-state index in [1.165, 1.54) is 5.69 Å². The van der Waals surface area contributed by atoms with Crippen molar-refractivity contribution in [3.8, 4) is 0 Å². The molecule has 3 heterocycles. The van der Waals surface area contributed by atoms with E-state index in [1.54, 1.807) is 11.3 Å². The highest BCUT2D eigenvalue weighted by molar-refractivity contribution is 7.07. The molecule has 0 unspecified atom stereocenters. The second-order valence-corrected chi connectivity index (χ2v) is 6.21. The van der Waals surface area contributed by atoms with Gasteiger partial charge in [0.05, 0.1) is 17.7 Å². The van der Waals surface area contributed by atoms with Crippen LogP contribution in [0, 0.1) is 0 Å². The lowest BCUT2D eigenvalue weighted by Crippen LogP contribution is -2.51. The van der Waals surface area contributed by atoms with Crippen molar-refractivity contribution in [1.29, 1.82) is 0 Å². The highest BCUT2D eigenvalue weighted by Gasteiger charge is 2.24. The number of hydrogen-bond acceptors (Lipinski definition) is 5. The number of nitrogens with zero attached hydrogens (tertiary/aromatic N) is 5. The molecule has 2 aromatic heterocycles. The number of thiazole rings is 1. The Kier molecular flexibility index (Phi) is 4.14. The molecular formula is C14H21N5S. The van der Waals surface area contributed by atoms with Gasteiger partial charge in [0.1, 0.15) is 5.82 Å². The molecule has 0 bridgehead atoms. The summed E-state index contributed by atoms with van der Waals surface area (Å²) in [6.07, 6.45) is 3.89. The van der Waals surface area contributed by atoms with Crippen molar-refractivity contribution >= 4 is 11.3 Å². The van der Waals surface area contributed by atoms with Crippen LogP contribution in [0.4, 0.5) is 0 Å². The van der Waals surface area contributed by atoms with Crippen LogP contribution in [0.1, 0.15) is 18.4 Å². The fourth-order valence-corrected chi connectivity index (χ4v) is 3.27. The Morgan fingerprint density at radius 2 is 2.20 bits per heavy atom.